The number of rotatable bonds is 9. The number of aromatic nitrogens is 1. The van der Waals surface area contributed by atoms with Gasteiger partial charge in [-0.3, -0.25) is 9.69 Å². The zero-order valence-corrected chi connectivity index (χ0v) is 21.0. The molecule has 1 aliphatic heterocycles. The number of amides is 1. The van der Waals surface area contributed by atoms with Crippen molar-refractivity contribution >= 4 is 16.8 Å². The van der Waals surface area contributed by atoms with Crippen LogP contribution in [0.1, 0.15) is 58.1 Å². The third-order valence-corrected chi connectivity index (χ3v) is 7.30. The van der Waals surface area contributed by atoms with E-state index in [1.807, 2.05) is 30.3 Å². The number of phenolic OH excluding ortho intramolecular Hbond substituents is 1. The number of phenols is 1. The fourth-order valence-corrected chi connectivity index (χ4v) is 5.23. The van der Waals surface area contributed by atoms with Gasteiger partial charge in [0.1, 0.15) is 5.75 Å². The highest BCUT2D eigenvalue weighted by atomic mass is 16.3. The van der Waals surface area contributed by atoms with Crippen LogP contribution in [0, 0.1) is 0 Å². The summed E-state index contributed by atoms with van der Waals surface area (Å²) in [5.41, 5.74) is 8.12. The van der Waals surface area contributed by atoms with E-state index in [0.717, 1.165) is 73.8 Å². The topological polar surface area (TPSA) is 68.4 Å². The molecule has 0 saturated carbocycles. The van der Waals surface area contributed by atoms with Crippen LogP contribution in [-0.2, 0) is 32.4 Å². The molecule has 5 heteroatoms. The zero-order chi connectivity index (χ0) is 24.9. The van der Waals surface area contributed by atoms with Crippen LogP contribution in [0.5, 0.6) is 5.75 Å². The largest absolute Gasteiger partial charge is 0.508 e. The number of aromatic amines is 1. The summed E-state index contributed by atoms with van der Waals surface area (Å²) in [6.45, 7) is 5.33. The molecule has 186 valence electrons. The second kappa shape index (κ2) is 11.0. The van der Waals surface area contributed by atoms with Gasteiger partial charge in [0.2, 0.25) is 0 Å². The van der Waals surface area contributed by atoms with Crippen LogP contribution in [0.15, 0.2) is 66.7 Å². The third-order valence-electron chi connectivity index (χ3n) is 7.30. The molecular weight excluding hydrogens is 446 g/mol. The summed E-state index contributed by atoms with van der Waals surface area (Å²) in [4.78, 5) is 18.9. The third kappa shape index (κ3) is 5.47. The van der Waals surface area contributed by atoms with Gasteiger partial charge in [0.05, 0.1) is 0 Å². The second-order valence-electron chi connectivity index (χ2n) is 9.81. The lowest BCUT2D eigenvalue weighted by molar-refractivity contribution is 0.0950. The molecule has 0 bridgehead atoms. The van der Waals surface area contributed by atoms with Gasteiger partial charge in [-0.25, -0.2) is 0 Å². The SMILES string of the molecule is CCc1ccc(CCCCNC(=O)c2ccccc2CN2CCc3c([nH]c4ccc(O)cc34)C2)cc1. The van der Waals surface area contributed by atoms with Crippen molar-refractivity contribution in [3.63, 3.8) is 0 Å². The number of carbonyl (C=O) groups is 1. The highest BCUT2D eigenvalue weighted by molar-refractivity contribution is 5.95. The number of fused-ring (bicyclic) bond motifs is 3. The van der Waals surface area contributed by atoms with Crippen LogP contribution < -0.4 is 5.32 Å². The number of hydrogen-bond acceptors (Lipinski definition) is 3. The molecule has 3 N–H and O–H groups in total. The Bertz CT molecular complexity index is 1340. The number of nitrogens with one attached hydrogen (secondary N) is 2. The van der Waals surface area contributed by atoms with Gasteiger partial charge < -0.3 is 15.4 Å². The minimum Gasteiger partial charge on any atom is -0.508 e. The zero-order valence-electron chi connectivity index (χ0n) is 21.0. The Kier molecular flexibility index (Phi) is 7.38. The summed E-state index contributed by atoms with van der Waals surface area (Å²) in [6.07, 6.45) is 5.07. The maximum Gasteiger partial charge on any atom is 0.251 e. The van der Waals surface area contributed by atoms with Gasteiger partial charge in [-0.2, -0.15) is 0 Å². The van der Waals surface area contributed by atoms with E-state index >= 15 is 0 Å². The number of benzene rings is 3. The molecule has 0 unspecified atom stereocenters. The van der Waals surface area contributed by atoms with Crippen molar-refractivity contribution in [2.45, 2.75) is 52.1 Å². The van der Waals surface area contributed by atoms with E-state index in [9.17, 15) is 9.90 Å². The monoisotopic (exact) mass is 481 g/mol. The lowest BCUT2D eigenvalue weighted by atomic mass is 10.0. The first-order valence-electron chi connectivity index (χ1n) is 13.1. The lowest BCUT2D eigenvalue weighted by Gasteiger charge is -2.27. The predicted octanol–water partition coefficient (Wildman–Crippen LogP) is 5.75. The van der Waals surface area contributed by atoms with Crippen molar-refractivity contribution in [3.8, 4) is 5.75 Å². The first-order valence-corrected chi connectivity index (χ1v) is 13.1. The summed E-state index contributed by atoms with van der Waals surface area (Å²) in [5, 5.41) is 14.1. The van der Waals surface area contributed by atoms with Gasteiger partial charge in [0.15, 0.2) is 0 Å². The molecule has 1 aromatic heterocycles. The number of aromatic hydroxyl groups is 1. The molecule has 0 atom stereocenters. The van der Waals surface area contributed by atoms with Gasteiger partial charge in [-0.1, -0.05) is 49.4 Å². The van der Waals surface area contributed by atoms with Gasteiger partial charge in [-0.15, -0.1) is 0 Å². The van der Waals surface area contributed by atoms with E-state index < -0.39 is 0 Å². The number of aryl methyl sites for hydroxylation is 2. The van der Waals surface area contributed by atoms with Crippen molar-refractivity contribution in [2.75, 3.05) is 13.1 Å². The molecule has 36 heavy (non-hydrogen) atoms. The minimum atomic E-state index is 0.0108. The van der Waals surface area contributed by atoms with Gasteiger partial charge in [0.25, 0.3) is 5.91 Å². The van der Waals surface area contributed by atoms with Crippen molar-refractivity contribution in [1.29, 1.82) is 0 Å². The Labute approximate surface area is 213 Å². The van der Waals surface area contributed by atoms with E-state index in [0.29, 0.717) is 12.3 Å². The van der Waals surface area contributed by atoms with Crippen LogP contribution in [0.4, 0.5) is 0 Å². The Hall–Kier alpha value is -3.57. The molecule has 3 aromatic carbocycles. The molecule has 4 aromatic rings. The highest BCUT2D eigenvalue weighted by Crippen LogP contribution is 2.30. The molecule has 2 heterocycles. The van der Waals surface area contributed by atoms with E-state index in [2.05, 4.69) is 52.5 Å². The average Bonchev–Trinajstić information content (AvgIpc) is 3.26. The molecule has 0 fully saturated rings. The minimum absolute atomic E-state index is 0.0108. The Morgan fingerprint density at radius 2 is 1.83 bits per heavy atom. The van der Waals surface area contributed by atoms with E-state index in [-0.39, 0.29) is 5.91 Å². The van der Waals surface area contributed by atoms with Gasteiger partial charge >= 0.3 is 0 Å². The number of nitrogens with zero attached hydrogens (tertiary/aromatic N) is 1. The second-order valence-corrected chi connectivity index (χ2v) is 9.81. The quantitative estimate of drug-likeness (QED) is 0.267. The molecule has 5 rings (SSSR count). The standard InChI is InChI=1S/C31H35N3O2/c1-2-22-10-12-23(13-11-22)7-5-6-17-32-31(36)26-9-4-3-8-24(26)20-34-18-16-27-28-19-25(35)14-15-29(28)33-30(27)21-34/h3-4,8-15,19,33,35H,2,5-7,16-18,20-21H2,1H3,(H,32,36). The van der Waals surface area contributed by atoms with Crippen LogP contribution >= 0.6 is 0 Å². The summed E-state index contributed by atoms with van der Waals surface area (Å²) < 4.78 is 0. The Morgan fingerprint density at radius 1 is 1.03 bits per heavy atom. The van der Waals surface area contributed by atoms with Crippen molar-refractivity contribution in [3.05, 3.63) is 100 Å². The van der Waals surface area contributed by atoms with Crippen LogP contribution in [0.3, 0.4) is 0 Å². The number of H-pyrrole nitrogens is 1. The maximum atomic E-state index is 13.0. The summed E-state index contributed by atoms with van der Waals surface area (Å²) in [5.74, 6) is 0.314. The number of hydrogen-bond donors (Lipinski definition) is 3. The molecule has 0 saturated heterocycles. The Morgan fingerprint density at radius 3 is 2.67 bits per heavy atom. The predicted molar refractivity (Wildman–Crippen MR) is 145 cm³/mol. The van der Waals surface area contributed by atoms with Crippen molar-refractivity contribution in [1.82, 2.24) is 15.2 Å². The fraction of sp³-hybridized carbons (Fsp3) is 0.323. The Balaban J connectivity index is 1.15. The lowest BCUT2D eigenvalue weighted by Crippen LogP contribution is -2.31. The summed E-state index contributed by atoms with van der Waals surface area (Å²) in [7, 11) is 0. The molecule has 1 amide bonds. The summed E-state index contributed by atoms with van der Waals surface area (Å²) in [6, 6.07) is 22.3. The van der Waals surface area contributed by atoms with Crippen LogP contribution in [-0.4, -0.2) is 34.0 Å². The van der Waals surface area contributed by atoms with Gasteiger partial charge in [0, 0.05) is 48.3 Å². The molecule has 0 radical (unpaired) electrons. The molecule has 0 spiro atoms. The van der Waals surface area contributed by atoms with Gasteiger partial charge in [-0.05, 0) is 78.6 Å². The summed E-state index contributed by atoms with van der Waals surface area (Å²) >= 11 is 0. The highest BCUT2D eigenvalue weighted by Gasteiger charge is 2.22. The molecule has 1 aliphatic rings. The fourth-order valence-electron chi connectivity index (χ4n) is 5.23. The first kappa shape index (κ1) is 24.1. The normalized spacial score (nSPS) is 13.6. The van der Waals surface area contributed by atoms with Crippen LogP contribution in [0.25, 0.3) is 10.9 Å². The average molecular weight is 482 g/mol. The number of carbonyl (C=O) groups excluding carboxylic acids is 1. The molecule has 0 aliphatic carbocycles. The van der Waals surface area contributed by atoms with E-state index in [1.54, 1.807) is 6.07 Å². The first-order chi connectivity index (χ1) is 17.6. The van der Waals surface area contributed by atoms with E-state index in [4.69, 9.17) is 0 Å². The number of unbranched alkanes of at least 4 members (excludes halogenated alkanes) is 1. The molecule has 5 nitrogen and oxygen atoms in total. The molecular formula is C31H35N3O2. The smallest absolute Gasteiger partial charge is 0.251 e. The van der Waals surface area contributed by atoms with Crippen LogP contribution in [0.2, 0.25) is 0 Å². The van der Waals surface area contributed by atoms with Crippen molar-refractivity contribution in [2.24, 2.45) is 0 Å². The maximum absolute atomic E-state index is 13.0. The van der Waals surface area contributed by atoms with E-state index in [1.165, 1.54) is 22.4 Å². The van der Waals surface area contributed by atoms with Crippen molar-refractivity contribution < 1.29 is 9.90 Å².